The molecule has 1 aliphatic rings. The Morgan fingerprint density at radius 2 is 2.15 bits per heavy atom. The van der Waals surface area contributed by atoms with E-state index in [1.54, 1.807) is 6.07 Å². The normalized spacial score (nSPS) is 16.4. The van der Waals surface area contributed by atoms with Crippen molar-refractivity contribution in [3.05, 3.63) is 47.8 Å². The van der Waals surface area contributed by atoms with Crippen molar-refractivity contribution in [2.75, 3.05) is 24.8 Å². The van der Waals surface area contributed by atoms with Crippen molar-refractivity contribution >= 4 is 11.4 Å². The van der Waals surface area contributed by atoms with E-state index < -0.39 is 5.82 Å². The first-order chi connectivity index (χ1) is 9.69. The van der Waals surface area contributed by atoms with Gasteiger partial charge in [0.15, 0.2) is 0 Å². The van der Waals surface area contributed by atoms with Crippen LogP contribution in [0, 0.1) is 5.82 Å². The standard InChI is InChI=1S/C15H15FN2O2/c1-19-15-7-12(10(16)6-11(15)17)18-13-8-20-14-5-3-2-4-9(13)14/h2-7,13,18H,8,17H2,1H3. The van der Waals surface area contributed by atoms with Crippen LogP contribution >= 0.6 is 0 Å². The highest BCUT2D eigenvalue weighted by Crippen LogP contribution is 2.36. The molecule has 0 aliphatic carbocycles. The van der Waals surface area contributed by atoms with Crippen molar-refractivity contribution in [3.63, 3.8) is 0 Å². The summed E-state index contributed by atoms with van der Waals surface area (Å²) in [5.41, 5.74) is 7.31. The van der Waals surface area contributed by atoms with E-state index in [0.29, 0.717) is 18.0 Å². The van der Waals surface area contributed by atoms with Gasteiger partial charge in [-0.25, -0.2) is 4.39 Å². The Hall–Kier alpha value is -2.43. The Morgan fingerprint density at radius 1 is 1.35 bits per heavy atom. The van der Waals surface area contributed by atoms with Crippen LogP contribution in [-0.4, -0.2) is 13.7 Å². The summed E-state index contributed by atoms with van der Waals surface area (Å²) in [5.74, 6) is 0.863. The van der Waals surface area contributed by atoms with E-state index in [-0.39, 0.29) is 11.7 Å². The molecule has 0 fully saturated rings. The average molecular weight is 274 g/mol. The summed E-state index contributed by atoms with van der Waals surface area (Å²) in [7, 11) is 1.50. The highest BCUT2D eigenvalue weighted by Gasteiger charge is 2.24. The third-order valence-corrected chi connectivity index (χ3v) is 3.35. The van der Waals surface area contributed by atoms with Gasteiger partial charge in [-0.1, -0.05) is 18.2 Å². The molecule has 2 aromatic rings. The molecule has 3 N–H and O–H groups in total. The van der Waals surface area contributed by atoms with Crippen molar-refractivity contribution in [3.8, 4) is 11.5 Å². The molecule has 104 valence electrons. The number of methoxy groups -OCH3 is 1. The number of halogens is 1. The first-order valence-corrected chi connectivity index (χ1v) is 6.30. The predicted molar refractivity (Wildman–Crippen MR) is 75.7 cm³/mol. The maximum Gasteiger partial charge on any atom is 0.148 e. The summed E-state index contributed by atoms with van der Waals surface area (Å²) in [5, 5.41) is 3.13. The molecule has 1 unspecified atom stereocenters. The zero-order valence-electron chi connectivity index (χ0n) is 11.0. The molecule has 3 rings (SSSR count). The number of fused-ring (bicyclic) bond motifs is 1. The van der Waals surface area contributed by atoms with Gasteiger partial charge in [0.05, 0.1) is 24.5 Å². The van der Waals surface area contributed by atoms with E-state index in [1.807, 2.05) is 24.3 Å². The fraction of sp³-hybridized carbons (Fsp3) is 0.200. The number of nitrogens with one attached hydrogen (secondary N) is 1. The van der Waals surface area contributed by atoms with Gasteiger partial charge < -0.3 is 20.5 Å². The summed E-state index contributed by atoms with van der Waals surface area (Å²) in [6.45, 7) is 0.464. The van der Waals surface area contributed by atoms with Crippen LogP contribution in [-0.2, 0) is 0 Å². The summed E-state index contributed by atoms with van der Waals surface area (Å²) < 4.78 is 24.6. The molecular weight excluding hydrogens is 259 g/mol. The molecule has 0 spiro atoms. The number of rotatable bonds is 3. The topological polar surface area (TPSA) is 56.5 Å². The third-order valence-electron chi connectivity index (χ3n) is 3.35. The van der Waals surface area contributed by atoms with Crippen LogP contribution in [0.15, 0.2) is 36.4 Å². The Labute approximate surface area is 116 Å². The lowest BCUT2D eigenvalue weighted by Crippen LogP contribution is -2.13. The fourth-order valence-corrected chi connectivity index (χ4v) is 2.33. The maximum atomic E-state index is 14.0. The van der Waals surface area contributed by atoms with Gasteiger partial charge in [0.25, 0.3) is 0 Å². The Kier molecular flexibility index (Phi) is 3.10. The predicted octanol–water partition coefficient (Wildman–Crippen LogP) is 2.96. The summed E-state index contributed by atoms with van der Waals surface area (Å²) in [6.07, 6.45) is 0. The van der Waals surface area contributed by atoms with E-state index >= 15 is 0 Å². The van der Waals surface area contributed by atoms with Gasteiger partial charge in [0.1, 0.15) is 23.9 Å². The van der Waals surface area contributed by atoms with Gasteiger partial charge in [0, 0.05) is 17.7 Å². The molecule has 0 amide bonds. The number of nitrogen functional groups attached to an aromatic ring is 1. The number of anilines is 2. The summed E-state index contributed by atoms with van der Waals surface area (Å²) in [6, 6.07) is 10.4. The van der Waals surface area contributed by atoms with E-state index in [1.165, 1.54) is 13.2 Å². The lowest BCUT2D eigenvalue weighted by atomic mass is 10.1. The average Bonchev–Trinajstić information content (AvgIpc) is 2.85. The van der Waals surface area contributed by atoms with Crippen molar-refractivity contribution < 1.29 is 13.9 Å². The van der Waals surface area contributed by atoms with Gasteiger partial charge in [0.2, 0.25) is 0 Å². The van der Waals surface area contributed by atoms with Crippen LogP contribution in [0.2, 0.25) is 0 Å². The molecule has 1 aliphatic heterocycles. The smallest absolute Gasteiger partial charge is 0.148 e. The summed E-state index contributed by atoms with van der Waals surface area (Å²) in [4.78, 5) is 0. The number of para-hydroxylation sites is 1. The van der Waals surface area contributed by atoms with Gasteiger partial charge in [-0.05, 0) is 6.07 Å². The Bertz CT molecular complexity index is 646. The number of nitrogens with two attached hydrogens (primary N) is 1. The Balaban J connectivity index is 1.89. The molecule has 0 radical (unpaired) electrons. The zero-order chi connectivity index (χ0) is 14.1. The second kappa shape index (κ2) is 4.92. The molecule has 0 saturated heterocycles. The van der Waals surface area contributed by atoms with Crippen molar-refractivity contribution in [2.24, 2.45) is 0 Å². The largest absolute Gasteiger partial charge is 0.495 e. The van der Waals surface area contributed by atoms with Crippen molar-refractivity contribution in [1.82, 2.24) is 0 Å². The van der Waals surface area contributed by atoms with Gasteiger partial charge in [-0.15, -0.1) is 0 Å². The van der Waals surface area contributed by atoms with Gasteiger partial charge in [-0.3, -0.25) is 0 Å². The maximum absolute atomic E-state index is 14.0. The van der Waals surface area contributed by atoms with Crippen LogP contribution in [0.25, 0.3) is 0 Å². The third kappa shape index (κ3) is 2.11. The lowest BCUT2D eigenvalue weighted by molar-refractivity contribution is 0.339. The van der Waals surface area contributed by atoms with Crippen LogP contribution in [0.5, 0.6) is 11.5 Å². The molecule has 20 heavy (non-hydrogen) atoms. The molecule has 0 bridgehead atoms. The van der Waals surface area contributed by atoms with Crippen LogP contribution in [0.1, 0.15) is 11.6 Å². The van der Waals surface area contributed by atoms with Crippen molar-refractivity contribution in [1.29, 1.82) is 0 Å². The second-order valence-corrected chi connectivity index (χ2v) is 4.62. The Morgan fingerprint density at radius 3 is 2.95 bits per heavy atom. The lowest BCUT2D eigenvalue weighted by Gasteiger charge is -2.15. The molecule has 1 atom stereocenters. The minimum atomic E-state index is -0.410. The molecule has 0 aromatic heterocycles. The first kappa shape index (κ1) is 12.6. The molecule has 1 heterocycles. The van der Waals surface area contributed by atoms with Crippen LogP contribution in [0.4, 0.5) is 15.8 Å². The molecule has 5 heteroatoms. The molecule has 2 aromatic carbocycles. The second-order valence-electron chi connectivity index (χ2n) is 4.62. The van der Waals surface area contributed by atoms with E-state index in [4.69, 9.17) is 15.2 Å². The number of ether oxygens (including phenoxy) is 2. The minimum Gasteiger partial charge on any atom is -0.495 e. The first-order valence-electron chi connectivity index (χ1n) is 6.30. The quantitative estimate of drug-likeness (QED) is 0.845. The highest BCUT2D eigenvalue weighted by atomic mass is 19.1. The number of hydrogen-bond acceptors (Lipinski definition) is 4. The number of benzene rings is 2. The van der Waals surface area contributed by atoms with Crippen molar-refractivity contribution in [2.45, 2.75) is 6.04 Å². The van der Waals surface area contributed by atoms with E-state index in [2.05, 4.69) is 5.32 Å². The van der Waals surface area contributed by atoms with Crippen LogP contribution < -0.4 is 20.5 Å². The SMILES string of the molecule is COc1cc(NC2COc3ccccc32)c(F)cc1N. The van der Waals surface area contributed by atoms with E-state index in [9.17, 15) is 4.39 Å². The molecule has 4 nitrogen and oxygen atoms in total. The molecular formula is C15H15FN2O2. The van der Waals surface area contributed by atoms with Crippen LogP contribution in [0.3, 0.4) is 0 Å². The number of hydrogen-bond donors (Lipinski definition) is 2. The zero-order valence-corrected chi connectivity index (χ0v) is 11.0. The fourth-order valence-electron chi connectivity index (χ4n) is 2.33. The minimum absolute atomic E-state index is 0.0889. The molecule has 0 saturated carbocycles. The summed E-state index contributed by atoms with van der Waals surface area (Å²) >= 11 is 0. The van der Waals surface area contributed by atoms with Gasteiger partial charge in [-0.2, -0.15) is 0 Å². The monoisotopic (exact) mass is 274 g/mol. The highest BCUT2D eigenvalue weighted by molar-refractivity contribution is 5.63. The van der Waals surface area contributed by atoms with Gasteiger partial charge >= 0.3 is 0 Å². The van der Waals surface area contributed by atoms with E-state index in [0.717, 1.165) is 11.3 Å².